The Morgan fingerprint density at radius 1 is 0.864 bits per heavy atom. The molecule has 0 bridgehead atoms. The number of carbonyl (C=O) groups is 1. The van der Waals surface area contributed by atoms with Gasteiger partial charge in [-0.05, 0) is 60.7 Å². The number of carbonyl (C=O) groups excluding carboxylic acids is 1. The molecule has 5 aromatic rings. The number of thioether (sulfide) groups is 1. The van der Waals surface area contributed by atoms with Gasteiger partial charge in [-0.25, -0.2) is 4.98 Å². The highest BCUT2D eigenvalue weighted by atomic mass is 32.2. The minimum absolute atomic E-state index is 0.109. The van der Waals surface area contributed by atoms with Gasteiger partial charge in [0.2, 0.25) is 5.91 Å². The molecule has 1 saturated heterocycles. The van der Waals surface area contributed by atoms with E-state index in [1.165, 1.54) is 54.1 Å². The molecule has 8 nitrogen and oxygen atoms in total. The first-order chi connectivity index (χ1) is 21.7. The number of anilines is 1. The topological polar surface area (TPSA) is 76.4 Å². The van der Waals surface area contributed by atoms with Gasteiger partial charge in [0.05, 0.1) is 16.0 Å². The van der Waals surface area contributed by atoms with E-state index in [9.17, 15) is 4.79 Å². The molecule has 7 rings (SSSR count). The van der Waals surface area contributed by atoms with Crippen LogP contribution in [0.25, 0.3) is 15.9 Å². The summed E-state index contributed by atoms with van der Waals surface area (Å²) in [6, 6.07) is 26.8. The molecule has 1 saturated carbocycles. The molecule has 10 heteroatoms. The van der Waals surface area contributed by atoms with E-state index in [2.05, 4.69) is 45.4 Å². The lowest BCUT2D eigenvalue weighted by Crippen LogP contribution is -2.49. The highest BCUT2D eigenvalue weighted by Gasteiger charge is 2.24. The molecule has 3 aromatic carbocycles. The van der Waals surface area contributed by atoms with E-state index < -0.39 is 0 Å². The molecule has 0 spiro atoms. The van der Waals surface area contributed by atoms with Crippen molar-refractivity contribution in [3.8, 4) is 11.4 Å². The third-order valence-corrected chi connectivity index (χ3v) is 10.6. The quantitative estimate of drug-likeness (QED) is 0.164. The molecule has 2 aromatic heterocycles. The predicted molar refractivity (Wildman–Crippen MR) is 177 cm³/mol. The summed E-state index contributed by atoms with van der Waals surface area (Å²) in [5.41, 5.74) is 3.39. The summed E-state index contributed by atoms with van der Waals surface area (Å²) in [5, 5.41) is 10.7. The lowest BCUT2D eigenvalue weighted by molar-refractivity contribution is -0.128. The summed E-state index contributed by atoms with van der Waals surface area (Å²) in [7, 11) is 0. The molecule has 3 heterocycles. The molecule has 0 unspecified atom stereocenters. The maximum Gasteiger partial charge on any atom is 0.233 e. The van der Waals surface area contributed by atoms with Gasteiger partial charge in [0.15, 0.2) is 16.1 Å². The monoisotopic (exact) mass is 624 g/mol. The Bertz CT molecular complexity index is 1660. The van der Waals surface area contributed by atoms with Crippen LogP contribution in [0.4, 0.5) is 5.13 Å². The maximum absolute atomic E-state index is 13.3. The van der Waals surface area contributed by atoms with Crippen LogP contribution in [-0.2, 0) is 11.4 Å². The highest BCUT2D eigenvalue weighted by Crippen LogP contribution is 2.34. The molecule has 1 aliphatic carbocycles. The van der Waals surface area contributed by atoms with Gasteiger partial charge in [-0.15, -0.1) is 10.2 Å². The molecule has 226 valence electrons. The van der Waals surface area contributed by atoms with Crippen molar-refractivity contribution in [1.29, 1.82) is 0 Å². The summed E-state index contributed by atoms with van der Waals surface area (Å²) in [4.78, 5) is 22.3. The number of hydrogen-bond donors (Lipinski definition) is 0. The zero-order valence-electron chi connectivity index (χ0n) is 24.7. The molecule has 2 fully saturated rings. The van der Waals surface area contributed by atoms with Crippen molar-refractivity contribution in [2.75, 3.05) is 36.8 Å². The third-order valence-electron chi connectivity index (χ3n) is 8.55. The van der Waals surface area contributed by atoms with Crippen LogP contribution in [0.2, 0.25) is 0 Å². The molecule has 0 N–H and O–H groups in total. The number of para-hydroxylation sites is 2. The molecule has 0 atom stereocenters. The number of amides is 1. The van der Waals surface area contributed by atoms with Crippen molar-refractivity contribution in [2.45, 2.75) is 49.8 Å². The smallest absolute Gasteiger partial charge is 0.233 e. The van der Waals surface area contributed by atoms with E-state index in [0.717, 1.165) is 35.2 Å². The van der Waals surface area contributed by atoms with E-state index in [4.69, 9.17) is 9.72 Å². The van der Waals surface area contributed by atoms with Crippen LogP contribution in [0.5, 0.6) is 5.75 Å². The van der Waals surface area contributed by atoms with Crippen LogP contribution < -0.4 is 9.64 Å². The number of nitrogens with zero attached hydrogens (tertiary/aromatic N) is 6. The Morgan fingerprint density at radius 2 is 1.61 bits per heavy atom. The van der Waals surface area contributed by atoms with Crippen molar-refractivity contribution in [3.05, 3.63) is 90.3 Å². The number of benzene rings is 3. The van der Waals surface area contributed by atoms with Crippen LogP contribution in [0.1, 0.15) is 49.4 Å². The van der Waals surface area contributed by atoms with Crippen LogP contribution in [0.3, 0.4) is 0 Å². The predicted octanol–water partition coefficient (Wildman–Crippen LogP) is 6.94. The second-order valence-electron chi connectivity index (χ2n) is 11.4. The van der Waals surface area contributed by atoms with Crippen molar-refractivity contribution in [2.24, 2.45) is 0 Å². The number of thiazole rings is 1. The molecular weight excluding hydrogens is 589 g/mol. The molecule has 2 aliphatic rings. The number of rotatable bonds is 9. The molecular formula is C34H36N6O2S2. The summed E-state index contributed by atoms with van der Waals surface area (Å²) in [6.45, 7) is 3.20. The van der Waals surface area contributed by atoms with Crippen molar-refractivity contribution < 1.29 is 9.53 Å². The van der Waals surface area contributed by atoms with Gasteiger partial charge in [0, 0.05) is 31.9 Å². The van der Waals surface area contributed by atoms with E-state index >= 15 is 0 Å². The van der Waals surface area contributed by atoms with Gasteiger partial charge in [-0.3, -0.25) is 9.36 Å². The summed E-state index contributed by atoms with van der Waals surface area (Å²) in [5.74, 6) is 2.60. The standard InChI is InChI=1S/C34H36N6O2S2/c41-32(38-19-21-39(22-20-38)33-35-29-13-7-8-14-30(29)44-33)24-43-34-37-36-31(40(34)27-11-5-2-6-12-27)23-42-28-17-15-26(16-18-28)25-9-3-1-4-10-25/h2,5-8,11-18,25H,1,3-4,9-10,19-24H2. The summed E-state index contributed by atoms with van der Waals surface area (Å²) in [6.07, 6.45) is 6.57. The molecule has 1 amide bonds. The van der Waals surface area contributed by atoms with Gasteiger partial charge in [-0.1, -0.05) is 84.8 Å². The van der Waals surface area contributed by atoms with Gasteiger partial charge in [0.1, 0.15) is 12.4 Å². The lowest BCUT2D eigenvalue weighted by atomic mass is 9.84. The third kappa shape index (κ3) is 6.46. The average Bonchev–Trinajstić information content (AvgIpc) is 3.72. The van der Waals surface area contributed by atoms with Gasteiger partial charge >= 0.3 is 0 Å². The maximum atomic E-state index is 13.3. The van der Waals surface area contributed by atoms with E-state index in [0.29, 0.717) is 35.7 Å². The van der Waals surface area contributed by atoms with E-state index in [-0.39, 0.29) is 12.5 Å². The van der Waals surface area contributed by atoms with Crippen LogP contribution in [0.15, 0.2) is 84.0 Å². The first-order valence-electron chi connectivity index (χ1n) is 15.4. The minimum Gasteiger partial charge on any atom is -0.486 e. The lowest BCUT2D eigenvalue weighted by Gasteiger charge is -2.34. The zero-order chi connectivity index (χ0) is 29.7. The van der Waals surface area contributed by atoms with Crippen molar-refractivity contribution in [3.63, 3.8) is 0 Å². The molecule has 1 aliphatic heterocycles. The Morgan fingerprint density at radius 3 is 2.39 bits per heavy atom. The molecule has 0 radical (unpaired) electrons. The van der Waals surface area contributed by atoms with Gasteiger partial charge in [-0.2, -0.15) is 0 Å². The normalized spacial score (nSPS) is 16.0. The minimum atomic E-state index is 0.109. The van der Waals surface area contributed by atoms with Crippen molar-refractivity contribution >= 4 is 44.4 Å². The Labute approximate surface area is 266 Å². The summed E-state index contributed by atoms with van der Waals surface area (Å²) >= 11 is 3.13. The first kappa shape index (κ1) is 28.9. The Kier molecular flexibility index (Phi) is 8.79. The zero-order valence-corrected chi connectivity index (χ0v) is 26.3. The fraction of sp³-hybridized carbons (Fsp3) is 0.353. The van der Waals surface area contributed by atoms with E-state index in [1.807, 2.05) is 58.0 Å². The van der Waals surface area contributed by atoms with Crippen LogP contribution in [-0.4, -0.2) is 62.5 Å². The number of piperazine rings is 1. The second-order valence-corrected chi connectivity index (χ2v) is 13.3. The fourth-order valence-corrected chi connectivity index (χ4v) is 7.99. The van der Waals surface area contributed by atoms with Crippen LogP contribution in [0, 0.1) is 0 Å². The Balaban J connectivity index is 0.976. The highest BCUT2D eigenvalue weighted by molar-refractivity contribution is 7.99. The van der Waals surface area contributed by atoms with E-state index in [1.54, 1.807) is 11.3 Å². The number of hydrogen-bond acceptors (Lipinski definition) is 8. The average molecular weight is 625 g/mol. The van der Waals surface area contributed by atoms with Gasteiger partial charge in [0.25, 0.3) is 0 Å². The fourth-order valence-electron chi connectivity index (χ4n) is 6.10. The number of fused-ring (bicyclic) bond motifs is 1. The number of aromatic nitrogens is 4. The largest absolute Gasteiger partial charge is 0.486 e. The van der Waals surface area contributed by atoms with Gasteiger partial charge < -0.3 is 14.5 Å². The first-order valence-corrected chi connectivity index (χ1v) is 17.2. The number of ether oxygens (including phenoxy) is 1. The van der Waals surface area contributed by atoms with Crippen LogP contribution >= 0.6 is 23.1 Å². The van der Waals surface area contributed by atoms with Crippen molar-refractivity contribution in [1.82, 2.24) is 24.6 Å². The summed E-state index contributed by atoms with van der Waals surface area (Å²) < 4.78 is 9.37. The Hall–Kier alpha value is -3.89. The second kappa shape index (κ2) is 13.4. The molecule has 44 heavy (non-hydrogen) atoms. The SMILES string of the molecule is O=C(CSc1nnc(COc2ccc(C3CCCCC3)cc2)n1-c1ccccc1)N1CCN(c2nc3ccccc3s2)CC1.